The molecule has 2 fully saturated rings. The Morgan fingerprint density at radius 1 is 0.946 bits per heavy atom. The molecule has 192 valence electrons. The molecule has 1 amide bonds. The van der Waals surface area contributed by atoms with Crippen LogP contribution in [-0.4, -0.2) is 75.6 Å². The van der Waals surface area contributed by atoms with E-state index in [0.29, 0.717) is 42.8 Å². The monoisotopic (exact) mass is 519 g/mol. The first-order valence-electron chi connectivity index (χ1n) is 12.4. The maximum Gasteiger partial charge on any atom is 0.253 e. The highest BCUT2D eigenvalue weighted by Crippen LogP contribution is 2.30. The minimum atomic E-state index is -3.39. The number of morpholine rings is 1. The van der Waals surface area contributed by atoms with E-state index in [-0.39, 0.29) is 22.3 Å². The second kappa shape index (κ2) is 10.4. The molecular formula is C28H29N3O5S. The fourth-order valence-corrected chi connectivity index (χ4v) is 5.35. The van der Waals surface area contributed by atoms with Gasteiger partial charge in [-0.25, -0.2) is 13.4 Å². The zero-order valence-corrected chi connectivity index (χ0v) is 21.5. The predicted molar refractivity (Wildman–Crippen MR) is 143 cm³/mol. The highest BCUT2D eigenvalue weighted by Gasteiger charge is 2.20. The van der Waals surface area contributed by atoms with Crippen LogP contribution in [-0.2, 0) is 14.6 Å². The van der Waals surface area contributed by atoms with Gasteiger partial charge in [0.2, 0.25) is 5.78 Å². The topological polar surface area (TPSA) is 96.9 Å². The van der Waals surface area contributed by atoms with E-state index in [1.54, 1.807) is 36.4 Å². The number of hydrogen-bond donors (Lipinski definition) is 0. The maximum absolute atomic E-state index is 13.1. The molecule has 2 aliphatic rings. The first-order valence-corrected chi connectivity index (χ1v) is 14.3. The summed E-state index contributed by atoms with van der Waals surface area (Å²) in [5, 5.41) is 0.684. The number of rotatable bonds is 6. The molecule has 2 aliphatic heterocycles. The van der Waals surface area contributed by atoms with Gasteiger partial charge in [-0.15, -0.1) is 0 Å². The zero-order valence-electron chi connectivity index (χ0n) is 20.7. The number of aromatic nitrogens is 1. The Kier molecular flexibility index (Phi) is 7.08. The summed E-state index contributed by atoms with van der Waals surface area (Å²) in [5.41, 5.74) is 3.04. The van der Waals surface area contributed by atoms with E-state index >= 15 is 0 Å². The number of sulfone groups is 1. The Labute approximate surface area is 216 Å². The minimum Gasteiger partial charge on any atom is -0.378 e. The largest absolute Gasteiger partial charge is 0.378 e. The Morgan fingerprint density at radius 3 is 2.32 bits per heavy atom. The molecule has 3 aromatic rings. The van der Waals surface area contributed by atoms with Gasteiger partial charge in [0.15, 0.2) is 9.84 Å². The summed E-state index contributed by atoms with van der Waals surface area (Å²) >= 11 is 0. The van der Waals surface area contributed by atoms with E-state index in [1.165, 1.54) is 18.4 Å². The van der Waals surface area contributed by atoms with Crippen molar-refractivity contribution >= 4 is 44.2 Å². The number of anilines is 1. The van der Waals surface area contributed by atoms with Crippen molar-refractivity contribution in [3.05, 3.63) is 71.4 Å². The third-order valence-corrected chi connectivity index (χ3v) is 7.88. The van der Waals surface area contributed by atoms with Crippen LogP contribution in [0.5, 0.6) is 0 Å². The third kappa shape index (κ3) is 5.57. The van der Waals surface area contributed by atoms with Crippen LogP contribution in [0.1, 0.15) is 39.3 Å². The van der Waals surface area contributed by atoms with E-state index in [1.807, 2.05) is 17.0 Å². The lowest BCUT2D eigenvalue weighted by Gasteiger charge is -2.30. The van der Waals surface area contributed by atoms with E-state index in [4.69, 9.17) is 4.74 Å². The van der Waals surface area contributed by atoms with Crippen molar-refractivity contribution in [1.29, 1.82) is 0 Å². The van der Waals surface area contributed by atoms with Gasteiger partial charge < -0.3 is 14.5 Å². The number of allylic oxidation sites excluding steroid dienone is 1. The minimum absolute atomic E-state index is 0.0409. The Morgan fingerprint density at radius 2 is 1.65 bits per heavy atom. The van der Waals surface area contributed by atoms with Crippen LogP contribution in [0, 0.1) is 0 Å². The summed E-state index contributed by atoms with van der Waals surface area (Å²) in [7, 11) is -3.39. The number of ether oxygens (including phenoxy) is 1. The van der Waals surface area contributed by atoms with Crippen molar-refractivity contribution < 1.29 is 22.7 Å². The number of fused-ring (bicyclic) bond motifs is 1. The lowest BCUT2D eigenvalue weighted by atomic mass is 10.1. The lowest BCUT2D eigenvalue weighted by molar-refractivity contribution is 0.0792. The Balaban J connectivity index is 1.42. The number of hydrogen-bond acceptors (Lipinski definition) is 7. The molecule has 0 radical (unpaired) electrons. The van der Waals surface area contributed by atoms with Gasteiger partial charge in [-0.1, -0.05) is 18.2 Å². The highest BCUT2D eigenvalue weighted by molar-refractivity contribution is 7.90. The van der Waals surface area contributed by atoms with E-state index < -0.39 is 9.84 Å². The third-order valence-electron chi connectivity index (χ3n) is 6.77. The molecule has 0 saturated carbocycles. The molecule has 0 N–H and O–H groups in total. The predicted octanol–water partition coefficient (Wildman–Crippen LogP) is 3.61. The Bertz CT molecular complexity index is 1470. The molecule has 8 nitrogen and oxygen atoms in total. The van der Waals surface area contributed by atoms with Crippen LogP contribution in [0.2, 0.25) is 0 Å². The number of pyridine rings is 1. The van der Waals surface area contributed by atoms with Crippen LogP contribution in [0.25, 0.3) is 17.0 Å². The molecule has 0 unspecified atom stereocenters. The van der Waals surface area contributed by atoms with Crippen molar-refractivity contribution in [2.24, 2.45) is 0 Å². The lowest BCUT2D eigenvalue weighted by Crippen LogP contribution is -2.36. The van der Waals surface area contributed by atoms with Gasteiger partial charge in [0.25, 0.3) is 5.91 Å². The van der Waals surface area contributed by atoms with Crippen molar-refractivity contribution in [2.45, 2.75) is 17.7 Å². The molecular weight excluding hydrogens is 490 g/mol. The molecule has 1 aromatic heterocycles. The second-order valence-electron chi connectivity index (χ2n) is 9.40. The number of nitrogens with zero attached hydrogens (tertiary/aromatic N) is 3. The summed E-state index contributed by atoms with van der Waals surface area (Å²) < 4.78 is 29.8. The van der Waals surface area contributed by atoms with E-state index in [0.717, 1.165) is 37.2 Å². The molecule has 3 heterocycles. The summed E-state index contributed by atoms with van der Waals surface area (Å²) in [6.07, 6.45) is 6.44. The molecule has 9 heteroatoms. The fraction of sp³-hybridized carbons (Fsp3) is 0.321. The van der Waals surface area contributed by atoms with Gasteiger partial charge in [-0.05, 0) is 60.9 Å². The number of carbonyl (C=O) groups excluding carboxylic acids is 2. The van der Waals surface area contributed by atoms with Crippen molar-refractivity contribution in [2.75, 3.05) is 50.5 Å². The quantitative estimate of drug-likeness (QED) is 0.363. The molecule has 2 aromatic carbocycles. The molecule has 0 spiro atoms. The summed E-state index contributed by atoms with van der Waals surface area (Å²) in [6.45, 7) is 3.97. The number of amides is 1. The molecule has 0 aliphatic carbocycles. The molecule has 0 atom stereocenters. The van der Waals surface area contributed by atoms with Crippen molar-refractivity contribution in [3.8, 4) is 0 Å². The van der Waals surface area contributed by atoms with Gasteiger partial charge in [0.05, 0.1) is 23.6 Å². The highest BCUT2D eigenvalue weighted by atomic mass is 32.2. The fourth-order valence-electron chi connectivity index (χ4n) is 4.71. The zero-order chi connectivity index (χ0) is 26.0. The SMILES string of the molecule is CS(=O)(=O)c1ccc2nc(C(=O)C=Cc3ccc(C(=O)N4CCCC4)cc3)cc(N3CCOCC3)c2c1. The van der Waals surface area contributed by atoms with Gasteiger partial charge in [-0.3, -0.25) is 9.59 Å². The van der Waals surface area contributed by atoms with Gasteiger partial charge in [0, 0.05) is 49.1 Å². The van der Waals surface area contributed by atoms with Crippen LogP contribution in [0.15, 0.2) is 59.5 Å². The molecule has 2 saturated heterocycles. The number of benzene rings is 2. The normalized spacial score (nSPS) is 16.6. The van der Waals surface area contributed by atoms with Crippen LogP contribution < -0.4 is 4.90 Å². The summed E-state index contributed by atoms with van der Waals surface area (Å²) in [5.74, 6) is -0.222. The van der Waals surface area contributed by atoms with Crippen LogP contribution >= 0.6 is 0 Å². The van der Waals surface area contributed by atoms with Crippen LogP contribution in [0.3, 0.4) is 0 Å². The number of ketones is 1. The first kappa shape index (κ1) is 25.1. The average molecular weight is 520 g/mol. The van der Waals surface area contributed by atoms with Gasteiger partial charge in [0.1, 0.15) is 5.69 Å². The summed E-state index contributed by atoms with van der Waals surface area (Å²) in [4.78, 5) is 34.4. The van der Waals surface area contributed by atoms with Crippen LogP contribution in [0.4, 0.5) is 5.69 Å². The van der Waals surface area contributed by atoms with Gasteiger partial charge >= 0.3 is 0 Å². The molecule has 37 heavy (non-hydrogen) atoms. The maximum atomic E-state index is 13.1. The van der Waals surface area contributed by atoms with Gasteiger partial charge in [-0.2, -0.15) is 0 Å². The molecule has 0 bridgehead atoms. The number of carbonyl (C=O) groups is 2. The smallest absolute Gasteiger partial charge is 0.253 e. The first-order chi connectivity index (χ1) is 17.8. The molecule has 5 rings (SSSR count). The Hall–Kier alpha value is -3.56. The van der Waals surface area contributed by atoms with Crippen molar-refractivity contribution in [1.82, 2.24) is 9.88 Å². The second-order valence-corrected chi connectivity index (χ2v) is 11.4. The number of likely N-dealkylation sites (tertiary alicyclic amines) is 1. The van der Waals surface area contributed by atoms with E-state index in [9.17, 15) is 18.0 Å². The van der Waals surface area contributed by atoms with Crippen molar-refractivity contribution in [3.63, 3.8) is 0 Å². The average Bonchev–Trinajstić information content (AvgIpc) is 3.46. The standard InChI is InChI=1S/C28H29N3O5S/c1-37(34,35)22-9-10-24-23(18-22)26(30-14-16-36-17-15-30)19-25(29-24)27(32)11-6-20-4-7-21(8-5-20)28(33)31-12-2-3-13-31/h4-11,18-19H,2-3,12-17H2,1H3. The van der Waals surface area contributed by atoms with E-state index in [2.05, 4.69) is 9.88 Å². The summed E-state index contributed by atoms with van der Waals surface area (Å²) in [6, 6.07) is 13.7.